The minimum atomic E-state index is -4.31. The molecule has 47 heavy (non-hydrogen) atoms. The molecule has 248 valence electrons. The Balaban J connectivity index is 1.81. The number of anilines is 1. The highest BCUT2D eigenvalue weighted by Gasteiger charge is 2.35. The van der Waals surface area contributed by atoms with Crippen LogP contribution in [0.4, 0.5) is 5.69 Å². The molecule has 0 heterocycles. The number of amides is 2. The van der Waals surface area contributed by atoms with E-state index in [1.54, 1.807) is 60.7 Å². The van der Waals surface area contributed by atoms with Gasteiger partial charge in [0.1, 0.15) is 24.1 Å². The predicted octanol–water partition coefficient (Wildman–Crippen LogP) is 6.11. The van der Waals surface area contributed by atoms with Crippen molar-refractivity contribution in [2.75, 3.05) is 31.6 Å². The van der Waals surface area contributed by atoms with Gasteiger partial charge in [-0.3, -0.25) is 13.9 Å². The zero-order chi connectivity index (χ0) is 33.8. The average Bonchev–Trinajstić information content (AvgIpc) is 3.09. The first-order chi connectivity index (χ1) is 22.7. The minimum absolute atomic E-state index is 0.0387. The van der Waals surface area contributed by atoms with Crippen molar-refractivity contribution in [3.63, 3.8) is 0 Å². The summed E-state index contributed by atoms with van der Waals surface area (Å²) in [5.74, 6) is -0.156. The Morgan fingerprint density at radius 3 is 2.13 bits per heavy atom. The monoisotopic (exact) mass is 677 g/mol. The number of nitrogens with one attached hydrogen (secondary N) is 1. The molecular formula is C36H40ClN3O6S. The number of nitrogens with zero attached hydrogens (tertiary/aromatic N) is 2. The molecule has 11 heteroatoms. The normalized spacial score (nSPS) is 11.7. The molecule has 4 aromatic rings. The van der Waals surface area contributed by atoms with Gasteiger partial charge in [-0.1, -0.05) is 79.5 Å². The van der Waals surface area contributed by atoms with E-state index in [4.69, 9.17) is 21.1 Å². The van der Waals surface area contributed by atoms with Crippen LogP contribution in [0.25, 0.3) is 0 Å². The molecule has 0 radical (unpaired) electrons. The van der Waals surface area contributed by atoms with Crippen molar-refractivity contribution >= 4 is 39.1 Å². The standard InChI is InChI=1S/C36H40ClN3O6S/c1-4-5-23-38-36(42)33(24-27-11-7-6-8-12-27)39(25-28-15-17-29(37)18-16-28)35(41)26-40(32-13-9-10-14-34(32)46-3)47(43,44)31-21-19-30(45-2)20-22-31/h6-22,33H,4-5,23-26H2,1-3H3,(H,38,42)/t33-/m0/s1. The molecule has 1 N–H and O–H groups in total. The molecule has 0 saturated carbocycles. The zero-order valence-corrected chi connectivity index (χ0v) is 28.3. The average molecular weight is 678 g/mol. The molecule has 0 unspecified atom stereocenters. The van der Waals surface area contributed by atoms with Crippen molar-refractivity contribution in [3.8, 4) is 11.5 Å². The quantitative estimate of drug-likeness (QED) is 0.144. The second kappa shape index (κ2) is 16.9. The summed E-state index contributed by atoms with van der Waals surface area (Å²) in [6, 6.07) is 28.0. The fourth-order valence-electron chi connectivity index (χ4n) is 5.07. The third-order valence-corrected chi connectivity index (χ3v) is 9.67. The molecular weight excluding hydrogens is 638 g/mol. The van der Waals surface area contributed by atoms with E-state index in [-0.39, 0.29) is 35.2 Å². The van der Waals surface area contributed by atoms with Crippen LogP contribution in [-0.4, -0.2) is 58.5 Å². The van der Waals surface area contributed by atoms with Crippen LogP contribution in [0.3, 0.4) is 0 Å². The highest BCUT2D eigenvalue weighted by molar-refractivity contribution is 7.92. The maximum atomic E-state index is 14.6. The van der Waals surface area contributed by atoms with Crippen molar-refractivity contribution < 1.29 is 27.5 Å². The number of carbonyl (C=O) groups is 2. The van der Waals surface area contributed by atoms with E-state index in [2.05, 4.69) is 5.32 Å². The molecule has 4 rings (SSSR count). The number of unbranched alkanes of at least 4 members (excludes halogenated alkanes) is 1. The number of rotatable bonds is 16. The number of benzene rings is 4. The van der Waals surface area contributed by atoms with E-state index in [0.717, 1.165) is 28.3 Å². The summed E-state index contributed by atoms with van der Waals surface area (Å²) >= 11 is 6.16. The van der Waals surface area contributed by atoms with Crippen molar-refractivity contribution in [2.24, 2.45) is 0 Å². The van der Waals surface area contributed by atoms with E-state index < -0.39 is 28.5 Å². The summed E-state index contributed by atoms with van der Waals surface area (Å²) in [7, 11) is -1.39. The summed E-state index contributed by atoms with van der Waals surface area (Å²) in [6.45, 7) is 1.91. The highest BCUT2D eigenvalue weighted by atomic mass is 35.5. The number of para-hydroxylation sites is 2. The predicted molar refractivity (Wildman–Crippen MR) is 184 cm³/mol. The van der Waals surface area contributed by atoms with Gasteiger partial charge in [0.2, 0.25) is 11.8 Å². The van der Waals surface area contributed by atoms with Gasteiger partial charge in [0.15, 0.2) is 0 Å². The van der Waals surface area contributed by atoms with Crippen LogP contribution in [0.2, 0.25) is 5.02 Å². The maximum absolute atomic E-state index is 14.6. The van der Waals surface area contributed by atoms with Gasteiger partial charge < -0.3 is 19.7 Å². The number of hydrogen-bond acceptors (Lipinski definition) is 6. The third-order valence-electron chi connectivity index (χ3n) is 7.65. The third kappa shape index (κ3) is 9.27. The van der Waals surface area contributed by atoms with E-state index >= 15 is 0 Å². The first-order valence-corrected chi connectivity index (χ1v) is 17.1. The molecule has 0 spiro atoms. The molecule has 0 fully saturated rings. The lowest BCUT2D eigenvalue weighted by Crippen LogP contribution is -2.53. The zero-order valence-electron chi connectivity index (χ0n) is 26.8. The van der Waals surface area contributed by atoms with Gasteiger partial charge in [0, 0.05) is 24.5 Å². The molecule has 0 bridgehead atoms. The molecule has 9 nitrogen and oxygen atoms in total. The first-order valence-electron chi connectivity index (χ1n) is 15.3. The summed E-state index contributed by atoms with van der Waals surface area (Å²) in [6.07, 6.45) is 1.88. The lowest BCUT2D eigenvalue weighted by molar-refractivity contribution is -0.140. The van der Waals surface area contributed by atoms with Crippen LogP contribution in [0, 0.1) is 0 Å². The minimum Gasteiger partial charge on any atom is -0.497 e. The van der Waals surface area contributed by atoms with E-state index in [1.165, 1.54) is 31.3 Å². The Morgan fingerprint density at radius 1 is 0.830 bits per heavy atom. The molecule has 4 aromatic carbocycles. The van der Waals surface area contributed by atoms with Gasteiger partial charge in [0.25, 0.3) is 10.0 Å². The smallest absolute Gasteiger partial charge is 0.264 e. The summed E-state index contributed by atoms with van der Waals surface area (Å²) in [5.41, 5.74) is 1.76. The summed E-state index contributed by atoms with van der Waals surface area (Å²) in [4.78, 5) is 29.9. The van der Waals surface area contributed by atoms with E-state index in [9.17, 15) is 18.0 Å². The number of methoxy groups -OCH3 is 2. The summed E-state index contributed by atoms with van der Waals surface area (Å²) in [5, 5.41) is 3.51. The van der Waals surface area contributed by atoms with Crippen LogP contribution in [0.5, 0.6) is 11.5 Å². The maximum Gasteiger partial charge on any atom is 0.264 e. The van der Waals surface area contributed by atoms with Crippen LogP contribution < -0.4 is 19.1 Å². The molecule has 0 aliphatic rings. The van der Waals surface area contributed by atoms with Gasteiger partial charge in [-0.05, 0) is 66.1 Å². The van der Waals surface area contributed by atoms with Crippen LogP contribution in [-0.2, 0) is 32.6 Å². The van der Waals surface area contributed by atoms with Crippen LogP contribution in [0.1, 0.15) is 30.9 Å². The second-order valence-corrected chi connectivity index (χ2v) is 13.2. The number of hydrogen-bond donors (Lipinski definition) is 1. The molecule has 0 aromatic heterocycles. The second-order valence-electron chi connectivity index (χ2n) is 10.9. The number of halogens is 1. The van der Waals surface area contributed by atoms with Crippen molar-refractivity contribution in [1.29, 1.82) is 0 Å². The Morgan fingerprint density at radius 2 is 1.49 bits per heavy atom. The lowest BCUT2D eigenvalue weighted by atomic mass is 10.0. The van der Waals surface area contributed by atoms with Gasteiger partial charge in [0.05, 0.1) is 24.8 Å². The molecule has 0 aliphatic heterocycles. The molecule has 0 aliphatic carbocycles. The number of carbonyl (C=O) groups excluding carboxylic acids is 2. The first kappa shape index (κ1) is 35.3. The molecule has 0 saturated heterocycles. The highest BCUT2D eigenvalue weighted by Crippen LogP contribution is 2.33. The Labute approximate surface area is 282 Å². The van der Waals surface area contributed by atoms with Crippen LogP contribution >= 0.6 is 11.6 Å². The van der Waals surface area contributed by atoms with Gasteiger partial charge in [-0.15, -0.1) is 0 Å². The van der Waals surface area contributed by atoms with Gasteiger partial charge in [-0.25, -0.2) is 8.42 Å². The van der Waals surface area contributed by atoms with Crippen LogP contribution in [0.15, 0.2) is 108 Å². The largest absolute Gasteiger partial charge is 0.497 e. The van der Waals surface area contributed by atoms with E-state index in [1.807, 2.05) is 37.3 Å². The topological polar surface area (TPSA) is 105 Å². The fourth-order valence-corrected chi connectivity index (χ4v) is 6.62. The Hall–Kier alpha value is -4.54. The number of ether oxygens (including phenoxy) is 2. The van der Waals surface area contributed by atoms with E-state index in [0.29, 0.717) is 17.3 Å². The van der Waals surface area contributed by atoms with Crippen molar-refractivity contribution in [2.45, 2.75) is 43.7 Å². The fraction of sp³-hybridized carbons (Fsp3) is 0.278. The Bertz CT molecular complexity index is 1720. The van der Waals surface area contributed by atoms with Crippen molar-refractivity contribution in [1.82, 2.24) is 10.2 Å². The summed E-state index contributed by atoms with van der Waals surface area (Å²) < 4.78 is 40.4. The van der Waals surface area contributed by atoms with Crippen molar-refractivity contribution in [3.05, 3.63) is 119 Å². The number of sulfonamides is 1. The molecule has 1 atom stereocenters. The van der Waals surface area contributed by atoms with Gasteiger partial charge >= 0.3 is 0 Å². The van der Waals surface area contributed by atoms with Gasteiger partial charge in [-0.2, -0.15) is 0 Å². The Kier molecular flexibility index (Phi) is 12.7. The lowest BCUT2D eigenvalue weighted by Gasteiger charge is -2.34. The molecule has 2 amide bonds. The SMILES string of the molecule is CCCCNC(=O)[C@H](Cc1ccccc1)N(Cc1ccc(Cl)cc1)C(=O)CN(c1ccccc1OC)S(=O)(=O)c1ccc(OC)cc1.